The Bertz CT molecular complexity index is 585. The van der Waals surface area contributed by atoms with Gasteiger partial charge in [-0.1, -0.05) is 49.3 Å². The molecule has 2 N–H and O–H groups in total. The molecule has 1 aromatic rings. The van der Waals surface area contributed by atoms with Crippen LogP contribution in [0.4, 0.5) is 0 Å². The lowest BCUT2D eigenvalue weighted by Gasteiger charge is -2.23. The molecular formula is C12H16Cl2N2O2S2. The second-order valence-electron chi connectivity index (χ2n) is 4.36. The van der Waals surface area contributed by atoms with Crippen LogP contribution in [0.25, 0.3) is 0 Å². The van der Waals surface area contributed by atoms with Crippen LogP contribution in [0.5, 0.6) is 0 Å². The summed E-state index contributed by atoms with van der Waals surface area (Å²) in [6.07, 6.45) is 0. The minimum absolute atomic E-state index is 0.0620. The van der Waals surface area contributed by atoms with Crippen molar-refractivity contribution in [3.63, 3.8) is 0 Å². The van der Waals surface area contributed by atoms with Crippen molar-refractivity contribution in [2.24, 2.45) is 11.7 Å². The lowest BCUT2D eigenvalue weighted by atomic mass is 10.2. The van der Waals surface area contributed by atoms with Crippen LogP contribution in [0.1, 0.15) is 13.8 Å². The standard InChI is InChI=1S/C12H16Cl2N2O2S2/c1-3-16(7-8(2)12(15)19)20(17,18)11-5-9(13)4-10(14)6-11/h4-6,8H,3,7H2,1-2H3,(H2,15,19). The average molecular weight is 355 g/mol. The Morgan fingerprint density at radius 1 is 1.35 bits per heavy atom. The highest BCUT2D eigenvalue weighted by Crippen LogP contribution is 2.25. The van der Waals surface area contributed by atoms with Gasteiger partial charge in [0.15, 0.2) is 0 Å². The van der Waals surface area contributed by atoms with E-state index in [-0.39, 0.29) is 32.4 Å². The van der Waals surface area contributed by atoms with Gasteiger partial charge >= 0.3 is 0 Å². The molecule has 0 aliphatic rings. The summed E-state index contributed by atoms with van der Waals surface area (Å²) in [7, 11) is -3.68. The molecule has 112 valence electrons. The fraction of sp³-hybridized carbons (Fsp3) is 0.417. The highest BCUT2D eigenvalue weighted by Gasteiger charge is 2.26. The summed E-state index contributed by atoms with van der Waals surface area (Å²) >= 11 is 16.6. The number of rotatable bonds is 6. The van der Waals surface area contributed by atoms with Crippen LogP contribution in [0.15, 0.2) is 23.1 Å². The zero-order chi connectivity index (χ0) is 15.5. The molecule has 0 radical (unpaired) electrons. The Morgan fingerprint density at radius 2 is 1.85 bits per heavy atom. The fourth-order valence-electron chi connectivity index (χ4n) is 1.62. The van der Waals surface area contributed by atoms with Crippen LogP contribution in [-0.4, -0.2) is 30.8 Å². The number of hydrogen-bond donors (Lipinski definition) is 1. The number of thiocarbonyl (C=S) groups is 1. The molecular weight excluding hydrogens is 339 g/mol. The van der Waals surface area contributed by atoms with Crippen LogP contribution >= 0.6 is 35.4 Å². The monoisotopic (exact) mass is 354 g/mol. The smallest absolute Gasteiger partial charge is 0.243 e. The summed E-state index contributed by atoms with van der Waals surface area (Å²) in [5, 5.41) is 0.545. The molecule has 0 bridgehead atoms. The van der Waals surface area contributed by atoms with E-state index in [0.29, 0.717) is 6.54 Å². The van der Waals surface area contributed by atoms with E-state index in [0.717, 1.165) is 0 Å². The molecule has 0 saturated carbocycles. The lowest BCUT2D eigenvalue weighted by Crippen LogP contribution is -2.38. The molecule has 0 saturated heterocycles. The molecule has 0 aromatic heterocycles. The van der Waals surface area contributed by atoms with Gasteiger partial charge in [0, 0.05) is 29.1 Å². The molecule has 0 heterocycles. The highest BCUT2D eigenvalue weighted by molar-refractivity contribution is 7.89. The van der Waals surface area contributed by atoms with E-state index in [1.54, 1.807) is 13.8 Å². The Kier molecular flexibility index (Phi) is 6.22. The van der Waals surface area contributed by atoms with Crippen LogP contribution < -0.4 is 5.73 Å². The Balaban J connectivity index is 3.15. The third-order valence-electron chi connectivity index (χ3n) is 2.79. The topological polar surface area (TPSA) is 63.4 Å². The molecule has 0 amide bonds. The van der Waals surface area contributed by atoms with Gasteiger partial charge in [0.25, 0.3) is 0 Å². The van der Waals surface area contributed by atoms with Crippen LogP contribution in [0.3, 0.4) is 0 Å². The molecule has 0 aliphatic heterocycles. The van der Waals surface area contributed by atoms with E-state index in [2.05, 4.69) is 0 Å². The molecule has 20 heavy (non-hydrogen) atoms. The molecule has 1 aromatic carbocycles. The van der Waals surface area contributed by atoms with E-state index in [1.807, 2.05) is 0 Å². The van der Waals surface area contributed by atoms with Crippen molar-refractivity contribution in [2.45, 2.75) is 18.7 Å². The van der Waals surface area contributed by atoms with Gasteiger partial charge in [0.2, 0.25) is 10.0 Å². The van der Waals surface area contributed by atoms with E-state index in [4.69, 9.17) is 41.2 Å². The summed E-state index contributed by atoms with van der Waals surface area (Å²) in [6.45, 7) is 4.05. The van der Waals surface area contributed by atoms with Gasteiger partial charge in [0.05, 0.1) is 9.88 Å². The summed E-state index contributed by atoms with van der Waals surface area (Å²) in [5.41, 5.74) is 5.54. The second-order valence-corrected chi connectivity index (χ2v) is 7.65. The SMILES string of the molecule is CCN(CC(C)C(N)=S)S(=O)(=O)c1cc(Cl)cc(Cl)c1. The molecule has 1 rings (SSSR count). The first kappa shape index (κ1) is 17.7. The van der Waals surface area contributed by atoms with Gasteiger partial charge in [-0.25, -0.2) is 8.42 Å². The molecule has 1 unspecified atom stereocenters. The summed E-state index contributed by atoms with van der Waals surface area (Å²) in [4.78, 5) is 0.342. The van der Waals surface area contributed by atoms with Crippen molar-refractivity contribution >= 4 is 50.4 Å². The summed E-state index contributed by atoms with van der Waals surface area (Å²) < 4.78 is 26.4. The second kappa shape index (κ2) is 7.04. The van der Waals surface area contributed by atoms with Gasteiger partial charge < -0.3 is 5.73 Å². The number of sulfonamides is 1. The van der Waals surface area contributed by atoms with E-state index >= 15 is 0 Å². The van der Waals surface area contributed by atoms with E-state index < -0.39 is 10.0 Å². The summed E-state index contributed by atoms with van der Waals surface area (Å²) in [5.74, 6) is -0.214. The highest BCUT2D eigenvalue weighted by atomic mass is 35.5. The zero-order valence-electron chi connectivity index (χ0n) is 11.1. The number of nitrogens with zero attached hydrogens (tertiary/aromatic N) is 1. The lowest BCUT2D eigenvalue weighted by molar-refractivity contribution is 0.405. The third-order valence-corrected chi connectivity index (χ3v) is 5.55. The molecule has 0 spiro atoms. The maximum absolute atomic E-state index is 12.6. The molecule has 0 fully saturated rings. The van der Waals surface area contributed by atoms with Gasteiger partial charge in [-0.15, -0.1) is 0 Å². The fourth-order valence-corrected chi connectivity index (χ4v) is 3.96. The van der Waals surface area contributed by atoms with Crippen molar-refractivity contribution < 1.29 is 8.42 Å². The van der Waals surface area contributed by atoms with Gasteiger partial charge in [-0.2, -0.15) is 4.31 Å². The van der Waals surface area contributed by atoms with E-state index in [1.165, 1.54) is 22.5 Å². The number of halogens is 2. The maximum Gasteiger partial charge on any atom is 0.243 e. The minimum Gasteiger partial charge on any atom is -0.393 e. The zero-order valence-corrected chi connectivity index (χ0v) is 14.3. The van der Waals surface area contributed by atoms with Crippen LogP contribution in [-0.2, 0) is 10.0 Å². The van der Waals surface area contributed by atoms with Gasteiger partial charge in [-0.3, -0.25) is 0 Å². The van der Waals surface area contributed by atoms with Crippen LogP contribution in [0.2, 0.25) is 10.0 Å². The van der Waals surface area contributed by atoms with Crippen LogP contribution in [0, 0.1) is 5.92 Å². The predicted octanol–water partition coefficient (Wildman–Crippen LogP) is 2.93. The minimum atomic E-state index is -3.68. The first-order valence-electron chi connectivity index (χ1n) is 5.94. The maximum atomic E-state index is 12.6. The average Bonchev–Trinajstić information content (AvgIpc) is 2.33. The van der Waals surface area contributed by atoms with Crippen molar-refractivity contribution in [1.82, 2.24) is 4.31 Å². The largest absolute Gasteiger partial charge is 0.393 e. The number of nitrogens with two attached hydrogens (primary N) is 1. The predicted molar refractivity (Wildman–Crippen MR) is 86.8 cm³/mol. The van der Waals surface area contributed by atoms with Crippen molar-refractivity contribution in [2.75, 3.05) is 13.1 Å². The molecule has 8 heteroatoms. The first-order valence-corrected chi connectivity index (χ1v) is 8.54. The Morgan fingerprint density at radius 3 is 2.25 bits per heavy atom. The van der Waals surface area contributed by atoms with Crippen molar-refractivity contribution in [1.29, 1.82) is 0 Å². The van der Waals surface area contributed by atoms with Gasteiger partial charge in [-0.05, 0) is 18.2 Å². The Hall–Kier alpha value is -0.400. The normalized spacial score (nSPS) is 13.4. The number of hydrogen-bond acceptors (Lipinski definition) is 3. The van der Waals surface area contributed by atoms with E-state index in [9.17, 15) is 8.42 Å². The van der Waals surface area contributed by atoms with Gasteiger partial charge in [0.1, 0.15) is 0 Å². The molecule has 4 nitrogen and oxygen atoms in total. The Labute approximate surface area is 134 Å². The quantitative estimate of drug-likeness (QED) is 0.797. The molecule has 1 atom stereocenters. The number of benzene rings is 1. The van der Waals surface area contributed by atoms with Crippen molar-refractivity contribution in [3.05, 3.63) is 28.2 Å². The summed E-state index contributed by atoms with van der Waals surface area (Å²) in [6, 6.07) is 4.23. The molecule has 0 aliphatic carbocycles. The third kappa shape index (κ3) is 4.30. The van der Waals surface area contributed by atoms with Crippen molar-refractivity contribution in [3.8, 4) is 0 Å². The first-order chi connectivity index (χ1) is 9.18.